The largest absolute Gasteiger partial charge is 0.419 e. The summed E-state index contributed by atoms with van der Waals surface area (Å²) in [6.07, 6.45) is 50.7. The molecule has 16 nitrogen and oxygen atoms in total. The molecule has 0 unspecified atom stereocenters. The lowest BCUT2D eigenvalue weighted by atomic mass is 9.66. The van der Waals surface area contributed by atoms with Crippen LogP contribution < -0.4 is 9.80 Å². The molecule has 0 N–H and O–H groups in total. The Morgan fingerprint density at radius 3 is 1.29 bits per heavy atom. The summed E-state index contributed by atoms with van der Waals surface area (Å²) >= 11 is 0. The Morgan fingerprint density at radius 1 is 0.404 bits per heavy atom. The van der Waals surface area contributed by atoms with Gasteiger partial charge in [-0.15, -0.1) is 0 Å². The maximum absolute atomic E-state index is 12.6. The van der Waals surface area contributed by atoms with Crippen molar-refractivity contribution in [1.82, 2.24) is 63.5 Å². The van der Waals surface area contributed by atoms with Crippen LogP contribution in [0.4, 0.5) is 24.8 Å². The highest BCUT2D eigenvalue weighted by atomic mass is 19.4. The second kappa shape index (κ2) is 35.8. The topological polar surface area (TPSA) is 119 Å². The molecule has 5 aromatic rings. The number of halogens is 3. The van der Waals surface area contributed by atoms with Gasteiger partial charge in [0.2, 0.25) is 5.95 Å². The molecule has 109 heavy (non-hydrogen) atoms. The van der Waals surface area contributed by atoms with Gasteiger partial charge in [0.05, 0.1) is 30.9 Å². The zero-order chi connectivity index (χ0) is 78.0. The van der Waals surface area contributed by atoms with E-state index in [4.69, 9.17) is 4.74 Å². The van der Waals surface area contributed by atoms with Crippen LogP contribution in [-0.4, -0.2) is 196 Å². The Labute approximate surface area is 657 Å². The molecule has 3 aliphatic carbocycles. The van der Waals surface area contributed by atoms with E-state index in [-0.39, 0.29) is 5.54 Å². The minimum atomic E-state index is -4.38. The van der Waals surface area contributed by atoms with E-state index in [1.807, 2.05) is 54.7 Å². The predicted octanol–water partition coefficient (Wildman–Crippen LogP) is 19.4. The summed E-state index contributed by atoms with van der Waals surface area (Å²) in [5.74, 6) is 1.15. The van der Waals surface area contributed by atoms with Crippen molar-refractivity contribution < 1.29 is 17.9 Å². The lowest BCUT2D eigenvalue weighted by Gasteiger charge is -2.49. The molecule has 0 aromatic carbocycles. The van der Waals surface area contributed by atoms with Crippen LogP contribution in [0, 0.1) is 27.1 Å². The molecule has 0 radical (unpaired) electrons. The molecule has 5 aromatic heterocycles. The minimum Gasteiger partial charge on any atom is -0.376 e. The van der Waals surface area contributed by atoms with Crippen LogP contribution in [0.2, 0.25) is 0 Å². The Balaban J connectivity index is 0.000000136. The Morgan fingerprint density at radius 2 is 0.835 bits per heavy atom. The second-order valence-electron chi connectivity index (χ2n) is 40.6. The smallest absolute Gasteiger partial charge is 0.376 e. The number of rotatable bonds is 8. The second-order valence-corrected chi connectivity index (χ2v) is 40.6. The lowest BCUT2D eigenvalue weighted by molar-refractivity contribution is -0.138. The summed E-state index contributed by atoms with van der Waals surface area (Å²) in [7, 11) is 0. The number of pyridine rings is 2. The van der Waals surface area contributed by atoms with Gasteiger partial charge < -0.3 is 23.7 Å². The predicted molar refractivity (Wildman–Crippen MR) is 440 cm³/mol. The highest BCUT2D eigenvalue weighted by Gasteiger charge is 2.47. The molecule has 10 aliphatic rings. The zero-order valence-corrected chi connectivity index (χ0v) is 70.7. The summed E-state index contributed by atoms with van der Waals surface area (Å²) in [4.78, 5) is 42.3. The number of nitrogens with zero attached hydrogens (tertiary/aromatic N) is 15. The maximum Gasteiger partial charge on any atom is 0.419 e. The Hall–Kier alpha value is -5.05. The molecule has 19 heteroatoms. The minimum absolute atomic E-state index is 0.192. The first-order chi connectivity index (χ1) is 51.5. The van der Waals surface area contributed by atoms with Crippen molar-refractivity contribution in [2.45, 2.75) is 323 Å². The number of hydrogen-bond donors (Lipinski definition) is 0. The van der Waals surface area contributed by atoms with E-state index in [9.17, 15) is 13.2 Å². The van der Waals surface area contributed by atoms with Crippen LogP contribution in [0.1, 0.15) is 287 Å². The van der Waals surface area contributed by atoms with Gasteiger partial charge in [-0.1, -0.05) is 6.07 Å². The Bertz CT molecular complexity index is 3420. The van der Waals surface area contributed by atoms with Crippen LogP contribution in [-0.2, 0) is 17.5 Å². The van der Waals surface area contributed by atoms with Crippen LogP contribution in [0.5, 0.6) is 0 Å². The number of piperidine rings is 4. The summed E-state index contributed by atoms with van der Waals surface area (Å²) < 4.78 is 48.3. The quantitative estimate of drug-likeness (QED) is 0.147. The molecule has 0 atom stereocenters. The molecule has 0 bridgehead atoms. The number of likely N-dealkylation sites (tertiary alicyclic amines) is 5. The van der Waals surface area contributed by atoms with E-state index >= 15 is 0 Å². The molecule has 0 amide bonds. The first-order valence-corrected chi connectivity index (χ1v) is 43.0. The van der Waals surface area contributed by atoms with Gasteiger partial charge in [-0.3, -0.25) is 34.5 Å². The van der Waals surface area contributed by atoms with Gasteiger partial charge in [0.15, 0.2) is 0 Å². The number of hydrogen-bond acceptors (Lipinski definition) is 14. The first kappa shape index (κ1) is 84.8. The third-order valence-electron chi connectivity index (χ3n) is 28.7. The fourth-order valence-electron chi connectivity index (χ4n) is 20.5. The molecule has 3 saturated carbocycles. The average Bonchev–Trinajstić information content (AvgIpc) is 1.75. The fourth-order valence-corrected chi connectivity index (χ4v) is 20.5. The van der Waals surface area contributed by atoms with E-state index in [0.29, 0.717) is 67.3 Å². The molecule has 12 heterocycles. The van der Waals surface area contributed by atoms with Crippen molar-refractivity contribution >= 4 is 11.6 Å². The van der Waals surface area contributed by atoms with Gasteiger partial charge in [-0.25, -0.2) is 19.9 Å². The number of anilines is 2. The van der Waals surface area contributed by atoms with E-state index in [0.717, 1.165) is 70.5 Å². The molecular weight excluding hydrogens is 1360 g/mol. The van der Waals surface area contributed by atoms with Crippen molar-refractivity contribution in [3.63, 3.8) is 0 Å². The first-order valence-electron chi connectivity index (χ1n) is 43.0. The van der Waals surface area contributed by atoms with Crippen molar-refractivity contribution in [3.05, 3.63) is 110 Å². The molecule has 10 fully saturated rings. The van der Waals surface area contributed by atoms with Crippen LogP contribution in [0.25, 0.3) is 0 Å². The molecule has 7 aliphatic heterocycles. The third kappa shape index (κ3) is 23.4. The molecule has 5 spiro atoms. The van der Waals surface area contributed by atoms with Gasteiger partial charge in [0, 0.05) is 147 Å². The fraction of sp³-hybridized carbons (Fsp3) is 0.778. The number of aromatic nitrogens is 8. The third-order valence-corrected chi connectivity index (χ3v) is 28.7. The van der Waals surface area contributed by atoms with Gasteiger partial charge in [-0.05, 0) is 373 Å². The summed E-state index contributed by atoms with van der Waals surface area (Å²) in [6.45, 7) is 53.2. The summed E-state index contributed by atoms with van der Waals surface area (Å²) in [6, 6.07) is 9.32. The van der Waals surface area contributed by atoms with E-state index in [2.05, 4.69) is 209 Å². The molecular formula is C90H146F3N15O. The summed E-state index contributed by atoms with van der Waals surface area (Å²) in [5, 5.41) is 0. The van der Waals surface area contributed by atoms with Gasteiger partial charge >= 0.3 is 6.18 Å². The van der Waals surface area contributed by atoms with Gasteiger partial charge in [0.25, 0.3) is 0 Å². The van der Waals surface area contributed by atoms with E-state index in [1.165, 1.54) is 224 Å². The molecule has 608 valence electrons. The number of alkyl halides is 3. The molecule has 15 rings (SSSR count). The Kier molecular flexibility index (Phi) is 27.8. The van der Waals surface area contributed by atoms with E-state index < -0.39 is 11.7 Å². The highest BCUT2D eigenvalue weighted by molar-refractivity contribution is 5.45. The monoisotopic (exact) mass is 1510 g/mol. The highest BCUT2D eigenvalue weighted by Crippen LogP contribution is 2.52. The van der Waals surface area contributed by atoms with Crippen molar-refractivity contribution in [2.24, 2.45) is 27.1 Å². The van der Waals surface area contributed by atoms with Crippen molar-refractivity contribution in [3.8, 4) is 0 Å². The van der Waals surface area contributed by atoms with Crippen LogP contribution in [0.3, 0.4) is 0 Å². The number of ether oxygens (including phenoxy) is 1. The zero-order valence-electron chi connectivity index (χ0n) is 70.7. The van der Waals surface area contributed by atoms with Crippen molar-refractivity contribution in [2.75, 3.05) is 108 Å². The van der Waals surface area contributed by atoms with Gasteiger partial charge in [-0.2, -0.15) is 13.2 Å². The summed E-state index contributed by atoms with van der Waals surface area (Å²) in [5.41, 5.74) is 6.35. The van der Waals surface area contributed by atoms with Crippen LogP contribution >= 0.6 is 0 Å². The van der Waals surface area contributed by atoms with Gasteiger partial charge in [0.1, 0.15) is 0 Å². The maximum atomic E-state index is 12.6. The normalized spacial score (nSPS) is 23.7. The SMILES string of the molecule is CC(C)(C)N1CCC2(CCC(OCCn3ccnc3)CC2)CC1.CC(C)(C)N1CCC2(CCC(c3cccnc3)CC2)C1.CC(C)(C)N1CCC2(CCC(n3ccnc3)CC2)CC1.CC(C)(C)N1CCC2(CCN(c3ncc(C(F)(F)F)cn3)CC2)C1.CC(C)(C)N1CCCC2(CCN(c3ccncc3)CC2)CC1. The lowest BCUT2D eigenvalue weighted by Crippen LogP contribution is -2.50. The molecule has 7 saturated heterocycles. The van der Waals surface area contributed by atoms with Crippen molar-refractivity contribution in [1.29, 1.82) is 0 Å². The standard InChI is InChI=1S/C19H33N3O.C19H31N3.C18H28N2.C17H25F3N4.C17H29N3/c1-18(2,3)22-11-8-19(9-12-22)6-4-17(5-7-19)23-15-14-21-13-10-20-16-21;1-18(2,3)22-13-4-7-19(10-16-22)8-14-21(15-9-19)17-5-11-20-12-6-17;1-17(2,3)20-12-10-18(14-20)8-6-15(7-9-18)16-5-4-11-19-13-16;1-15(2,3)24-9-6-16(12-24)4-7-23(8-5-16)14-21-10-13(11-22-14)17(18,19)20;1-16(2,3)20-11-8-17(9-12-20)6-4-15(5-7-17)19-13-10-18-14-19/h10,13,16-17H,4-9,11-12,14-15H2,1-3H3;5-6,11-12H,4,7-10,13-16H2,1-3H3;4-5,11,13,15H,6-10,12,14H2,1-3H3;10-11H,4-9,12H2,1-3H3;10,13-15H,4-9,11-12H2,1-3H3. The average molecular weight is 1510 g/mol. The van der Waals surface area contributed by atoms with Crippen LogP contribution in [0.15, 0.2) is 98.9 Å². The number of imidazole rings is 2. The van der Waals surface area contributed by atoms with E-state index in [1.54, 1.807) is 0 Å².